The molecule has 0 aliphatic carbocycles. The smallest absolute Gasteiger partial charge is 0.137 e. The van der Waals surface area contributed by atoms with Gasteiger partial charge in [0.15, 0.2) is 0 Å². The van der Waals surface area contributed by atoms with E-state index in [2.05, 4.69) is 4.98 Å². The molecular formula is C22H18N2O2. The summed E-state index contributed by atoms with van der Waals surface area (Å²) in [4.78, 5) is 8.96. The fourth-order valence-electron chi connectivity index (χ4n) is 2.82. The molecule has 0 fully saturated rings. The molecule has 0 spiro atoms. The molecule has 2 aromatic heterocycles. The van der Waals surface area contributed by atoms with E-state index in [-0.39, 0.29) is 0 Å². The number of rotatable bonds is 4. The molecule has 26 heavy (non-hydrogen) atoms. The zero-order valence-corrected chi connectivity index (χ0v) is 14.4. The second-order valence-corrected chi connectivity index (χ2v) is 5.90. The lowest BCUT2D eigenvalue weighted by Crippen LogP contribution is -2.05. The number of hydrogen-bond acceptors (Lipinski definition) is 4. The lowest BCUT2D eigenvalue weighted by atomic mass is 10.1. The summed E-state index contributed by atoms with van der Waals surface area (Å²) in [6.45, 7) is 0.554. The predicted molar refractivity (Wildman–Crippen MR) is 102 cm³/mol. The van der Waals surface area contributed by atoms with Gasteiger partial charge in [0.05, 0.1) is 19.0 Å². The topological polar surface area (TPSA) is 47.6 Å². The summed E-state index contributed by atoms with van der Waals surface area (Å²) in [5.74, 6) is 1.56. The molecule has 0 aliphatic rings. The fourth-order valence-corrected chi connectivity index (χ4v) is 2.82. The van der Waals surface area contributed by atoms with Gasteiger partial charge in [0.2, 0.25) is 0 Å². The Hall–Kier alpha value is -3.40. The summed E-state index contributed by atoms with van der Waals surface area (Å²) in [7, 11) is 1.66. The van der Waals surface area contributed by atoms with Crippen LogP contribution < -0.4 is 10.1 Å². The minimum atomic E-state index is 0.554. The van der Waals surface area contributed by atoms with Crippen LogP contribution in [0.15, 0.2) is 88.5 Å². The fraction of sp³-hybridized carbons (Fsp3) is 0.0909. The Balaban J connectivity index is 1.89. The Labute approximate surface area is 151 Å². The maximum absolute atomic E-state index is 6.11. The summed E-state index contributed by atoms with van der Waals surface area (Å²) < 4.78 is 11.5. The first-order valence-corrected chi connectivity index (χ1v) is 8.40. The van der Waals surface area contributed by atoms with E-state index in [9.17, 15) is 0 Å². The van der Waals surface area contributed by atoms with E-state index in [4.69, 9.17) is 14.1 Å². The first-order valence-electron chi connectivity index (χ1n) is 8.40. The molecule has 2 heterocycles. The minimum Gasteiger partial charge on any atom is -0.497 e. The Morgan fingerprint density at radius 1 is 1.00 bits per heavy atom. The highest BCUT2D eigenvalue weighted by molar-refractivity contribution is 5.80. The van der Waals surface area contributed by atoms with Crippen molar-refractivity contribution in [2.24, 2.45) is 4.99 Å². The van der Waals surface area contributed by atoms with Gasteiger partial charge < -0.3 is 9.15 Å². The van der Waals surface area contributed by atoms with E-state index >= 15 is 0 Å². The zero-order chi connectivity index (χ0) is 17.8. The Morgan fingerprint density at radius 2 is 1.88 bits per heavy atom. The number of hydrogen-bond donors (Lipinski definition) is 0. The molecule has 128 valence electrons. The van der Waals surface area contributed by atoms with Crippen molar-refractivity contribution in [3.05, 3.63) is 90.0 Å². The van der Waals surface area contributed by atoms with Crippen LogP contribution in [0, 0.1) is 0 Å². The van der Waals surface area contributed by atoms with Gasteiger partial charge >= 0.3 is 0 Å². The number of pyridine rings is 1. The normalized spacial score (nSPS) is 11.7. The maximum Gasteiger partial charge on any atom is 0.137 e. The number of benzene rings is 2. The molecule has 0 N–H and O–H groups in total. The molecule has 0 amide bonds. The Kier molecular flexibility index (Phi) is 4.48. The average Bonchev–Trinajstić information content (AvgIpc) is 2.73. The zero-order valence-electron chi connectivity index (χ0n) is 14.4. The Morgan fingerprint density at radius 3 is 2.65 bits per heavy atom. The van der Waals surface area contributed by atoms with Gasteiger partial charge in [0.1, 0.15) is 17.1 Å². The molecule has 4 rings (SSSR count). The van der Waals surface area contributed by atoms with Crippen molar-refractivity contribution in [2.75, 3.05) is 7.11 Å². The number of fused-ring (bicyclic) bond motifs is 1. The summed E-state index contributed by atoms with van der Waals surface area (Å²) in [5, 5.41) is 1.79. The molecule has 0 unspecified atom stereocenters. The molecule has 0 radical (unpaired) electrons. The van der Waals surface area contributed by atoms with Crippen LogP contribution in [0.4, 0.5) is 0 Å². The largest absolute Gasteiger partial charge is 0.497 e. The quantitative estimate of drug-likeness (QED) is 0.544. The summed E-state index contributed by atoms with van der Waals surface area (Å²) in [6, 6.07) is 21.7. The third-order valence-corrected chi connectivity index (χ3v) is 4.16. The summed E-state index contributed by atoms with van der Waals surface area (Å²) >= 11 is 0. The van der Waals surface area contributed by atoms with Crippen LogP contribution in [0.3, 0.4) is 0 Å². The molecular weight excluding hydrogens is 324 g/mol. The van der Waals surface area contributed by atoms with Gasteiger partial charge in [-0.3, -0.25) is 9.98 Å². The molecule has 4 nitrogen and oxygen atoms in total. The van der Waals surface area contributed by atoms with Gasteiger partial charge in [-0.15, -0.1) is 0 Å². The molecule has 0 atom stereocenters. The minimum absolute atomic E-state index is 0.554. The molecule has 0 saturated heterocycles. The van der Waals surface area contributed by atoms with Crippen LogP contribution in [-0.4, -0.2) is 12.1 Å². The number of methoxy groups -OCH3 is 1. The third kappa shape index (κ3) is 3.35. The van der Waals surface area contributed by atoms with Crippen LogP contribution in [0.2, 0.25) is 0 Å². The van der Waals surface area contributed by atoms with Crippen molar-refractivity contribution in [2.45, 2.75) is 6.54 Å². The second-order valence-electron chi connectivity index (χ2n) is 5.90. The molecule has 0 bridgehead atoms. The molecule has 2 aromatic carbocycles. The van der Waals surface area contributed by atoms with Crippen molar-refractivity contribution >= 4 is 11.0 Å². The standard InChI is InChI=1S/C22H18N2O2/c1-25-18-9-10-21-19(12-18)20(24-15-16-6-5-11-23-14-16)13-22(26-21)17-7-3-2-4-8-17/h2-14H,15H2,1H3. The molecule has 4 heteroatoms. The monoisotopic (exact) mass is 342 g/mol. The highest BCUT2D eigenvalue weighted by atomic mass is 16.5. The van der Waals surface area contributed by atoms with Crippen LogP contribution >= 0.6 is 0 Å². The third-order valence-electron chi connectivity index (χ3n) is 4.16. The predicted octanol–water partition coefficient (Wildman–Crippen LogP) is 4.60. The first-order chi connectivity index (χ1) is 12.8. The van der Waals surface area contributed by atoms with E-state index < -0.39 is 0 Å². The van der Waals surface area contributed by atoms with Gasteiger partial charge in [-0.05, 0) is 29.8 Å². The first kappa shape index (κ1) is 16.1. The lowest BCUT2D eigenvalue weighted by molar-refractivity contribution is 0.415. The second kappa shape index (κ2) is 7.23. The summed E-state index contributed by atoms with van der Waals surface area (Å²) in [5.41, 5.74) is 2.85. The average molecular weight is 342 g/mol. The lowest BCUT2D eigenvalue weighted by Gasteiger charge is -2.07. The van der Waals surface area contributed by atoms with Gasteiger partial charge in [-0.2, -0.15) is 0 Å². The van der Waals surface area contributed by atoms with Crippen molar-refractivity contribution in [3.63, 3.8) is 0 Å². The number of ether oxygens (including phenoxy) is 1. The van der Waals surface area contributed by atoms with Crippen molar-refractivity contribution in [1.29, 1.82) is 0 Å². The van der Waals surface area contributed by atoms with Gasteiger partial charge in [0.25, 0.3) is 0 Å². The van der Waals surface area contributed by atoms with Crippen LogP contribution in [-0.2, 0) is 6.54 Å². The van der Waals surface area contributed by atoms with E-state index in [1.165, 1.54) is 0 Å². The van der Waals surface area contributed by atoms with Crippen LogP contribution in [0.1, 0.15) is 5.56 Å². The van der Waals surface area contributed by atoms with Crippen LogP contribution in [0.25, 0.3) is 22.3 Å². The SMILES string of the molecule is COc1ccc2oc(-c3ccccc3)cc(=NCc3cccnc3)c2c1. The van der Waals surface area contributed by atoms with E-state index in [1.54, 1.807) is 13.3 Å². The number of nitrogens with zero attached hydrogens (tertiary/aromatic N) is 2. The van der Waals surface area contributed by atoms with Gasteiger partial charge in [-0.1, -0.05) is 36.4 Å². The Bertz CT molecular complexity index is 1090. The highest BCUT2D eigenvalue weighted by Gasteiger charge is 2.07. The van der Waals surface area contributed by atoms with Crippen LogP contribution in [0.5, 0.6) is 5.75 Å². The molecule has 0 aliphatic heterocycles. The maximum atomic E-state index is 6.11. The van der Waals surface area contributed by atoms with E-state index in [0.717, 1.165) is 39.0 Å². The van der Waals surface area contributed by atoms with Crippen molar-refractivity contribution < 1.29 is 9.15 Å². The van der Waals surface area contributed by atoms with E-state index in [0.29, 0.717) is 6.54 Å². The highest BCUT2D eigenvalue weighted by Crippen LogP contribution is 2.24. The van der Waals surface area contributed by atoms with Crippen molar-refractivity contribution in [3.8, 4) is 17.1 Å². The van der Waals surface area contributed by atoms with E-state index in [1.807, 2.05) is 72.9 Å². The summed E-state index contributed by atoms with van der Waals surface area (Å²) in [6.07, 6.45) is 3.59. The van der Waals surface area contributed by atoms with Gasteiger partial charge in [-0.25, -0.2) is 0 Å². The molecule has 0 saturated carbocycles. The van der Waals surface area contributed by atoms with Crippen molar-refractivity contribution in [1.82, 2.24) is 4.98 Å². The van der Waals surface area contributed by atoms with Gasteiger partial charge in [0, 0.05) is 29.4 Å². The number of aromatic nitrogens is 1. The molecule has 4 aromatic rings.